The number of primary amides is 1. The molecular weight excluding hydrogens is 1590 g/mol. The lowest BCUT2D eigenvalue weighted by Gasteiger charge is -2.32. The van der Waals surface area contributed by atoms with Crippen molar-refractivity contribution in [2.24, 2.45) is 29.0 Å². The summed E-state index contributed by atoms with van der Waals surface area (Å²) in [6.07, 6.45) is -3.96. The Bertz CT molecular complexity index is 3760. The zero-order valence-corrected chi connectivity index (χ0v) is 67.8. The number of benzene rings is 1. The lowest BCUT2D eigenvalue weighted by Crippen LogP contribution is -2.62. The minimum atomic E-state index is -1.96. The van der Waals surface area contributed by atoms with Crippen molar-refractivity contribution in [2.45, 2.75) is 248 Å². The summed E-state index contributed by atoms with van der Waals surface area (Å²) in [5.74, 6) is -22.6. The first-order valence-electron chi connectivity index (χ1n) is 39.4. The van der Waals surface area contributed by atoms with Gasteiger partial charge in [0.25, 0.3) is 0 Å². The van der Waals surface area contributed by atoms with E-state index >= 15 is 0 Å². The number of aliphatic hydroxyl groups is 3. The summed E-state index contributed by atoms with van der Waals surface area (Å²) in [7, 11) is 0. The second-order valence-corrected chi connectivity index (χ2v) is 29.6. The van der Waals surface area contributed by atoms with E-state index in [9.17, 15) is 132 Å². The molecule has 2 saturated heterocycles. The predicted octanol–water partition coefficient (Wildman–Crippen LogP) is -9.32. The second-order valence-electron chi connectivity index (χ2n) is 29.6. The van der Waals surface area contributed by atoms with E-state index in [0.29, 0.717) is 24.8 Å². The molecule has 670 valence electrons. The second kappa shape index (κ2) is 52.2. The van der Waals surface area contributed by atoms with Crippen LogP contribution in [0.15, 0.2) is 24.3 Å². The quantitative estimate of drug-likeness (QED) is 0.0269. The fourth-order valence-corrected chi connectivity index (χ4v) is 12.4. The standard InChI is InChI=1S/C74H117N19O27/c1-7-37(4)59(71(116)89-49(74(119)120)29-36(2)3)91-67(112)47(30-40-16-18-41(97)19-17-40)88-70(115)52-15-12-28-93(52)73(118)46(14-9-11-27-76)86-63(108)42(13-8-10-26-75)85-72(117)60(39(6)96)92-61(106)38(5)80-66(111)48(31-53(77)98)87-68(113)50(34-94)82-56(101)33-78-55(100)32-79-62(107)43(21-24-57(102)103)83-65(110)45(22-25-58(104)105)84-69(114)51(35-95)90-64(109)44-20-23-54(99)81-44/h16-19,36-39,42-52,59-60,94-97H,7-15,20-35,75-76H2,1-6H3,(H2,77,98)(H,78,100)(H,79,107)(H,80,111)(H,81,99)(H,82,101)(H,83,110)(H,84,114)(H,85,117)(H,86,108)(H,87,113)(H,88,115)(H,89,116)(H,90,109)(H,91,112)(H,92,106)(H,102,103)(H,104,105)(H,119,120). The summed E-state index contributed by atoms with van der Waals surface area (Å²) in [6, 6.07) is -16.3. The summed E-state index contributed by atoms with van der Waals surface area (Å²) in [5.41, 5.74) is 17.5. The van der Waals surface area contributed by atoms with E-state index in [1.807, 2.05) is 5.32 Å². The highest BCUT2D eigenvalue weighted by Crippen LogP contribution is 2.23. The van der Waals surface area contributed by atoms with Crippen molar-refractivity contribution in [3.63, 3.8) is 0 Å². The molecule has 16 atom stereocenters. The van der Waals surface area contributed by atoms with E-state index in [-0.39, 0.29) is 95.5 Å². The number of carboxylic acids is 3. The largest absolute Gasteiger partial charge is 0.508 e. The zero-order valence-electron chi connectivity index (χ0n) is 67.8. The van der Waals surface area contributed by atoms with Crippen molar-refractivity contribution in [1.29, 1.82) is 0 Å². The Balaban J connectivity index is 1.74. The van der Waals surface area contributed by atoms with Gasteiger partial charge in [0, 0.05) is 32.2 Å². The molecule has 2 aliphatic rings. The van der Waals surface area contributed by atoms with Gasteiger partial charge in [-0.3, -0.25) is 91.1 Å². The summed E-state index contributed by atoms with van der Waals surface area (Å²) < 4.78 is 0. The molecule has 0 spiro atoms. The Kier molecular flexibility index (Phi) is 44.6. The average molecular weight is 1700 g/mol. The van der Waals surface area contributed by atoms with E-state index in [1.54, 1.807) is 27.7 Å². The van der Waals surface area contributed by atoms with E-state index in [4.69, 9.17) is 17.2 Å². The average Bonchev–Trinajstić information content (AvgIpc) is 1.64. The molecule has 0 saturated carbocycles. The van der Waals surface area contributed by atoms with Crippen LogP contribution in [0, 0.1) is 11.8 Å². The van der Waals surface area contributed by atoms with Crippen LogP contribution in [-0.4, -0.2) is 296 Å². The first-order valence-corrected chi connectivity index (χ1v) is 39.4. The van der Waals surface area contributed by atoms with Crippen LogP contribution in [0.4, 0.5) is 0 Å². The van der Waals surface area contributed by atoms with Gasteiger partial charge in [-0.25, -0.2) is 4.79 Å². The molecule has 28 N–H and O–H groups in total. The molecule has 0 aromatic heterocycles. The van der Waals surface area contributed by atoms with Crippen molar-refractivity contribution in [1.82, 2.24) is 84.7 Å². The lowest BCUT2D eigenvalue weighted by molar-refractivity contribution is -0.143. The molecule has 17 amide bonds. The van der Waals surface area contributed by atoms with Gasteiger partial charge in [0.05, 0.1) is 38.8 Å². The summed E-state index contributed by atoms with van der Waals surface area (Å²) in [4.78, 5) is 266. The molecule has 46 heteroatoms. The molecule has 1 aromatic carbocycles. The van der Waals surface area contributed by atoms with Crippen molar-refractivity contribution in [3.8, 4) is 5.75 Å². The van der Waals surface area contributed by atoms with Gasteiger partial charge < -0.3 is 138 Å². The third-order valence-corrected chi connectivity index (χ3v) is 19.3. The van der Waals surface area contributed by atoms with Crippen LogP contribution in [0.5, 0.6) is 5.75 Å². The number of likely N-dealkylation sites (tertiary alicyclic amines) is 1. The summed E-state index contributed by atoms with van der Waals surface area (Å²) >= 11 is 0. The maximum atomic E-state index is 14.8. The van der Waals surface area contributed by atoms with Crippen molar-refractivity contribution >= 4 is 118 Å². The van der Waals surface area contributed by atoms with Crippen molar-refractivity contribution in [3.05, 3.63) is 29.8 Å². The number of unbranched alkanes of at least 4 members (excludes halogenated alkanes) is 2. The van der Waals surface area contributed by atoms with Crippen molar-refractivity contribution < 1.29 is 132 Å². The number of rotatable bonds is 55. The summed E-state index contributed by atoms with van der Waals surface area (Å²) in [6.45, 7) is 5.21. The number of carboxylic acid groups (broad SMARTS) is 3. The van der Waals surface area contributed by atoms with E-state index in [0.717, 1.165) is 13.8 Å². The third-order valence-electron chi connectivity index (χ3n) is 19.3. The molecule has 46 nitrogen and oxygen atoms in total. The molecular formula is C74H117N19O27. The first kappa shape index (κ1) is 102. The normalized spacial score (nSPS) is 17.1. The molecule has 0 radical (unpaired) electrons. The van der Waals surface area contributed by atoms with Gasteiger partial charge in [-0.1, -0.05) is 46.2 Å². The lowest BCUT2D eigenvalue weighted by atomic mass is 9.96. The number of aromatic hydroxyl groups is 1. The topological polar surface area (TPSA) is 745 Å². The van der Waals surface area contributed by atoms with Gasteiger partial charge in [0.2, 0.25) is 100 Å². The monoisotopic (exact) mass is 1700 g/mol. The SMILES string of the molecule is CCC(C)C(NC(=O)C(Cc1ccc(O)cc1)NC(=O)C1CCCN1C(=O)C(CCCCN)NC(=O)C(CCCCN)NC(=O)C(NC(=O)C(C)NC(=O)C(CC(N)=O)NC(=O)C(CO)NC(=O)CNC(=O)CNC(=O)C(CCC(=O)O)NC(=O)C(CCC(=O)O)NC(=O)C(CO)NC(=O)C1CCC(=O)N1)C(C)O)C(=O)NC(CC(C)C)C(=O)O. The number of nitrogens with zero attached hydrogens (tertiary/aromatic N) is 1. The molecule has 2 aliphatic heterocycles. The van der Waals surface area contributed by atoms with Gasteiger partial charge in [-0.05, 0) is 134 Å². The Morgan fingerprint density at radius 3 is 1.50 bits per heavy atom. The maximum Gasteiger partial charge on any atom is 0.326 e. The maximum absolute atomic E-state index is 14.8. The highest BCUT2D eigenvalue weighted by Gasteiger charge is 2.43. The fourth-order valence-electron chi connectivity index (χ4n) is 12.4. The van der Waals surface area contributed by atoms with Gasteiger partial charge in [-0.15, -0.1) is 0 Å². The van der Waals surface area contributed by atoms with Crippen LogP contribution in [-0.2, 0) is 102 Å². The van der Waals surface area contributed by atoms with E-state index < -0.39 is 273 Å². The van der Waals surface area contributed by atoms with Crippen LogP contribution in [0.3, 0.4) is 0 Å². The number of nitrogens with one attached hydrogen (secondary N) is 15. The Hall–Kier alpha value is -11.8. The molecule has 2 heterocycles. The highest BCUT2D eigenvalue weighted by molar-refractivity contribution is 6.01. The zero-order chi connectivity index (χ0) is 90.2. The number of nitrogens with two attached hydrogens (primary N) is 3. The number of amides is 17. The molecule has 0 bridgehead atoms. The predicted molar refractivity (Wildman–Crippen MR) is 418 cm³/mol. The Labute approximate surface area is 690 Å². The van der Waals surface area contributed by atoms with E-state index in [1.165, 1.54) is 29.2 Å². The highest BCUT2D eigenvalue weighted by atomic mass is 16.4. The van der Waals surface area contributed by atoms with Gasteiger partial charge >= 0.3 is 17.9 Å². The summed E-state index contributed by atoms with van der Waals surface area (Å²) in [5, 5.41) is 104. The van der Waals surface area contributed by atoms with Gasteiger partial charge in [-0.2, -0.15) is 0 Å². The minimum Gasteiger partial charge on any atom is -0.508 e. The van der Waals surface area contributed by atoms with Crippen LogP contribution in [0.2, 0.25) is 0 Å². The fraction of sp³-hybridized carbons (Fsp3) is 0.649. The molecule has 16 unspecified atom stereocenters. The number of aliphatic hydroxyl groups excluding tert-OH is 3. The van der Waals surface area contributed by atoms with Crippen LogP contribution >= 0.6 is 0 Å². The first-order chi connectivity index (χ1) is 56.6. The number of phenolic OH excluding ortho intramolecular Hbond substituents is 1. The smallest absolute Gasteiger partial charge is 0.326 e. The van der Waals surface area contributed by atoms with Crippen LogP contribution in [0.1, 0.15) is 156 Å². The number of hydrogen-bond donors (Lipinski definition) is 25. The molecule has 3 rings (SSSR count). The van der Waals surface area contributed by atoms with Crippen molar-refractivity contribution in [2.75, 3.05) is 45.9 Å². The number of carbonyl (C=O) groups is 20. The molecule has 1 aromatic rings. The molecule has 2 fully saturated rings. The number of aliphatic carboxylic acids is 3. The third kappa shape index (κ3) is 35.8. The van der Waals surface area contributed by atoms with Crippen LogP contribution < -0.4 is 97.0 Å². The Morgan fingerprint density at radius 2 is 0.983 bits per heavy atom. The minimum absolute atomic E-state index is 0.00429. The Morgan fingerprint density at radius 1 is 0.508 bits per heavy atom. The number of phenols is 1. The van der Waals surface area contributed by atoms with Gasteiger partial charge in [0.15, 0.2) is 0 Å². The van der Waals surface area contributed by atoms with E-state index in [2.05, 4.69) is 74.4 Å². The number of carbonyl (C=O) groups excluding carboxylic acids is 17. The van der Waals surface area contributed by atoms with Gasteiger partial charge in [0.1, 0.15) is 90.3 Å². The molecule has 120 heavy (non-hydrogen) atoms. The number of hydrogen-bond acceptors (Lipinski definition) is 26. The molecule has 0 aliphatic carbocycles. The van der Waals surface area contributed by atoms with Crippen LogP contribution in [0.25, 0.3) is 0 Å².